The Labute approximate surface area is 198 Å². The summed E-state index contributed by atoms with van der Waals surface area (Å²) in [5.74, 6) is 1.71. The number of imidazole rings is 1. The Morgan fingerprint density at radius 2 is 1.48 bits per heavy atom. The molecule has 0 atom stereocenters. The summed E-state index contributed by atoms with van der Waals surface area (Å²) in [7, 11) is 0. The Balaban J connectivity index is 1.53. The van der Waals surface area contributed by atoms with Crippen molar-refractivity contribution in [1.29, 1.82) is 0 Å². The van der Waals surface area contributed by atoms with Crippen LogP contribution in [0.5, 0.6) is 0 Å². The van der Waals surface area contributed by atoms with Crippen molar-refractivity contribution in [1.82, 2.24) is 19.5 Å². The molecule has 0 radical (unpaired) electrons. The summed E-state index contributed by atoms with van der Waals surface area (Å²) < 4.78 is 2.17. The molecule has 33 heavy (non-hydrogen) atoms. The average molecular weight is 449 g/mol. The molecule has 0 saturated heterocycles. The largest absolute Gasteiger partial charge is 0.305 e. The first-order valence-electron chi connectivity index (χ1n) is 10.9. The highest BCUT2D eigenvalue weighted by Gasteiger charge is 2.15. The van der Waals surface area contributed by atoms with E-state index in [2.05, 4.69) is 106 Å². The van der Waals surface area contributed by atoms with Crippen LogP contribution in [-0.4, -0.2) is 19.5 Å². The van der Waals surface area contributed by atoms with E-state index >= 15 is 0 Å². The topological polar surface area (TPSA) is 43.6 Å². The van der Waals surface area contributed by atoms with Crippen molar-refractivity contribution in [2.45, 2.75) is 24.2 Å². The number of rotatable bonds is 7. The van der Waals surface area contributed by atoms with E-state index in [1.807, 2.05) is 12.1 Å². The molecule has 4 nitrogen and oxygen atoms in total. The Morgan fingerprint density at radius 3 is 2.21 bits per heavy atom. The van der Waals surface area contributed by atoms with Gasteiger partial charge in [0.1, 0.15) is 22.7 Å². The van der Waals surface area contributed by atoms with Gasteiger partial charge in [-0.25, -0.2) is 15.0 Å². The van der Waals surface area contributed by atoms with Gasteiger partial charge in [0, 0.05) is 5.75 Å². The molecule has 0 bridgehead atoms. The van der Waals surface area contributed by atoms with Crippen molar-refractivity contribution in [3.63, 3.8) is 0 Å². The van der Waals surface area contributed by atoms with E-state index in [1.165, 1.54) is 16.7 Å². The molecule has 0 spiro atoms. The molecular formula is C28H24N4S. The maximum absolute atomic E-state index is 4.98. The minimum Gasteiger partial charge on any atom is -0.305 e. The quantitative estimate of drug-likeness (QED) is 0.207. The molecule has 5 heteroatoms. The van der Waals surface area contributed by atoms with Gasteiger partial charge in [0.15, 0.2) is 5.65 Å². The van der Waals surface area contributed by atoms with Crippen molar-refractivity contribution in [3.05, 3.63) is 119 Å². The molecule has 0 fully saturated rings. The summed E-state index contributed by atoms with van der Waals surface area (Å²) in [6.45, 7) is 2.80. The fourth-order valence-electron chi connectivity index (χ4n) is 3.66. The van der Waals surface area contributed by atoms with E-state index in [4.69, 9.17) is 4.98 Å². The van der Waals surface area contributed by atoms with Crippen LogP contribution in [0, 0.1) is 6.92 Å². The smallest absolute Gasteiger partial charge is 0.165 e. The summed E-state index contributed by atoms with van der Waals surface area (Å²) >= 11 is 1.70. The lowest BCUT2D eigenvalue weighted by atomic mass is 10.1. The lowest BCUT2D eigenvalue weighted by Crippen LogP contribution is -2.03. The minimum atomic E-state index is 0.699. The predicted molar refractivity (Wildman–Crippen MR) is 137 cm³/mol. The standard InChI is InChI=1S/C28H24N4S/c1-21-12-14-22(15-13-21)16-17-25-31-26-27(32(25)18-23-8-4-2-5-9-23)29-20-30-28(26)33-19-24-10-6-3-7-11-24/h2-17,20H,18-19H2,1H3/b17-16-. The third-order valence-electron chi connectivity index (χ3n) is 5.43. The van der Waals surface area contributed by atoms with Gasteiger partial charge in [0.2, 0.25) is 0 Å². The zero-order valence-corrected chi connectivity index (χ0v) is 19.2. The molecule has 0 amide bonds. The summed E-state index contributed by atoms with van der Waals surface area (Å²) in [5, 5.41) is 0.903. The van der Waals surface area contributed by atoms with Crippen LogP contribution < -0.4 is 0 Å². The van der Waals surface area contributed by atoms with Crippen molar-refractivity contribution >= 4 is 35.1 Å². The third-order valence-corrected chi connectivity index (χ3v) is 6.48. The lowest BCUT2D eigenvalue weighted by molar-refractivity contribution is 0.802. The van der Waals surface area contributed by atoms with E-state index in [1.54, 1.807) is 18.1 Å². The maximum Gasteiger partial charge on any atom is 0.165 e. The van der Waals surface area contributed by atoms with Gasteiger partial charge in [-0.05, 0) is 29.7 Å². The third kappa shape index (κ3) is 5.04. The molecule has 2 aromatic heterocycles. The zero-order valence-electron chi connectivity index (χ0n) is 18.4. The van der Waals surface area contributed by atoms with E-state index in [9.17, 15) is 0 Å². The molecule has 5 rings (SSSR count). The van der Waals surface area contributed by atoms with Gasteiger partial charge in [-0.3, -0.25) is 0 Å². The SMILES string of the molecule is Cc1ccc(/C=C\c2nc3c(SCc4ccccc4)ncnc3n2Cc2ccccc2)cc1. The number of nitrogens with zero attached hydrogens (tertiary/aromatic N) is 4. The molecule has 162 valence electrons. The lowest BCUT2D eigenvalue weighted by Gasteiger charge is -2.07. The van der Waals surface area contributed by atoms with E-state index in [-0.39, 0.29) is 0 Å². The Morgan fingerprint density at radius 1 is 0.788 bits per heavy atom. The first-order chi connectivity index (χ1) is 16.3. The van der Waals surface area contributed by atoms with Gasteiger partial charge < -0.3 is 4.57 Å². The highest BCUT2D eigenvalue weighted by molar-refractivity contribution is 7.98. The van der Waals surface area contributed by atoms with Crippen LogP contribution in [0.2, 0.25) is 0 Å². The normalized spacial score (nSPS) is 11.4. The fraction of sp³-hybridized carbons (Fsp3) is 0.107. The van der Waals surface area contributed by atoms with Crippen LogP contribution >= 0.6 is 11.8 Å². The second-order valence-electron chi connectivity index (χ2n) is 7.91. The molecule has 0 N–H and O–H groups in total. The number of fused-ring (bicyclic) bond motifs is 1. The van der Waals surface area contributed by atoms with Gasteiger partial charge in [0.05, 0.1) is 6.54 Å². The number of aromatic nitrogens is 4. The van der Waals surface area contributed by atoms with E-state index in [0.717, 1.165) is 33.3 Å². The van der Waals surface area contributed by atoms with E-state index < -0.39 is 0 Å². The summed E-state index contributed by atoms with van der Waals surface area (Å²) in [5.41, 5.74) is 6.56. The minimum absolute atomic E-state index is 0.699. The van der Waals surface area contributed by atoms with Crippen LogP contribution in [0.25, 0.3) is 23.3 Å². The van der Waals surface area contributed by atoms with Crippen LogP contribution in [0.1, 0.15) is 28.1 Å². The molecular weight excluding hydrogens is 424 g/mol. The van der Waals surface area contributed by atoms with Gasteiger partial charge in [0.25, 0.3) is 0 Å². The maximum atomic E-state index is 4.98. The monoisotopic (exact) mass is 448 g/mol. The van der Waals surface area contributed by atoms with Gasteiger partial charge in [-0.15, -0.1) is 0 Å². The number of hydrogen-bond donors (Lipinski definition) is 0. The summed E-state index contributed by atoms with van der Waals surface area (Å²) in [6, 6.07) is 29.3. The average Bonchev–Trinajstić information content (AvgIpc) is 3.21. The summed E-state index contributed by atoms with van der Waals surface area (Å²) in [4.78, 5) is 14.2. The second-order valence-corrected chi connectivity index (χ2v) is 8.88. The van der Waals surface area contributed by atoms with Crippen molar-refractivity contribution in [2.24, 2.45) is 0 Å². The highest BCUT2D eigenvalue weighted by Crippen LogP contribution is 2.28. The van der Waals surface area contributed by atoms with Gasteiger partial charge >= 0.3 is 0 Å². The zero-order chi connectivity index (χ0) is 22.5. The summed E-state index contributed by atoms with van der Waals surface area (Å²) in [6.07, 6.45) is 5.82. The molecule has 0 aliphatic rings. The van der Waals surface area contributed by atoms with Crippen LogP contribution in [-0.2, 0) is 12.3 Å². The molecule has 0 aliphatic carbocycles. The van der Waals surface area contributed by atoms with Crippen molar-refractivity contribution < 1.29 is 0 Å². The molecule has 3 aromatic carbocycles. The van der Waals surface area contributed by atoms with Crippen LogP contribution in [0.3, 0.4) is 0 Å². The number of hydrogen-bond acceptors (Lipinski definition) is 4. The molecule has 5 aromatic rings. The molecule has 0 aliphatic heterocycles. The number of benzene rings is 3. The Kier molecular flexibility index (Phi) is 6.31. The number of aryl methyl sites for hydroxylation is 1. The van der Waals surface area contributed by atoms with Crippen LogP contribution in [0.4, 0.5) is 0 Å². The molecule has 2 heterocycles. The van der Waals surface area contributed by atoms with Crippen LogP contribution in [0.15, 0.2) is 96.3 Å². The van der Waals surface area contributed by atoms with Crippen molar-refractivity contribution in [2.75, 3.05) is 0 Å². The molecule has 0 saturated carbocycles. The Bertz CT molecular complexity index is 1370. The highest BCUT2D eigenvalue weighted by atomic mass is 32.2. The first kappa shape index (κ1) is 21.2. The van der Waals surface area contributed by atoms with Gasteiger partial charge in [-0.1, -0.05) is 108 Å². The first-order valence-corrected chi connectivity index (χ1v) is 11.9. The fourth-order valence-corrected chi connectivity index (χ4v) is 4.55. The molecule has 0 unspecified atom stereocenters. The second kappa shape index (κ2) is 9.84. The van der Waals surface area contributed by atoms with Gasteiger partial charge in [-0.2, -0.15) is 0 Å². The number of thioether (sulfide) groups is 1. The van der Waals surface area contributed by atoms with E-state index in [0.29, 0.717) is 6.54 Å². The van der Waals surface area contributed by atoms with Crippen molar-refractivity contribution in [3.8, 4) is 0 Å². The Hall–Kier alpha value is -3.70. The predicted octanol–water partition coefficient (Wildman–Crippen LogP) is 6.65.